The second-order valence-electron chi connectivity index (χ2n) is 8.78. The number of hydrogen-bond acceptors (Lipinski definition) is 4. The lowest BCUT2D eigenvalue weighted by Crippen LogP contribution is -2.22. The van der Waals surface area contributed by atoms with E-state index in [9.17, 15) is 27.6 Å². The summed E-state index contributed by atoms with van der Waals surface area (Å²) >= 11 is 0. The number of nitrogens with zero attached hydrogens (tertiary/aromatic N) is 2. The van der Waals surface area contributed by atoms with Crippen LogP contribution in [0.4, 0.5) is 13.2 Å². The SMILES string of the molecule is C=C/C(F)=C(\C(=C)F)C(N)=O.Cn1ncc(-c2ccc(F)cc2)c(-c2cccc3c(CCC(=O)O)cccc23)c1=O. The molecule has 0 spiro atoms. The number of hydrogen-bond donors (Lipinski definition) is 2. The van der Waals surface area contributed by atoms with Crippen LogP contribution in [0.25, 0.3) is 33.0 Å². The van der Waals surface area contributed by atoms with Gasteiger partial charge in [-0.25, -0.2) is 17.9 Å². The third-order valence-corrected chi connectivity index (χ3v) is 6.12. The molecule has 0 aliphatic heterocycles. The maximum absolute atomic E-state index is 13.4. The second kappa shape index (κ2) is 13.2. The highest BCUT2D eigenvalue weighted by molar-refractivity contribution is 6.01. The van der Waals surface area contributed by atoms with E-state index in [-0.39, 0.29) is 17.8 Å². The number of benzene rings is 3. The second-order valence-corrected chi connectivity index (χ2v) is 8.78. The van der Waals surface area contributed by atoms with Crippen LogP contribution in [0.15, 0.2) is 108 Å². The Bertz CT molecular complexity index is 1730. The first-order chi connectivity index (χ1) is 19.5. The van der Waals surface area contributed by atoms with Crippen molar-refractivity contribution in [1.82, 2.24) is 9.78 Å². The van der Waals surface area contributed by atoms with Gasteiger partial charge in [0.2, 0.25) is 0 Å². The fraction of sp³-hybridized carbons (Fsp3) is 0.0968. The third-order valence-electron chi connectivity index (χ3n) is 6.12. The van der Waals surface area contributed by atoms with Crippen molar-refractivity contribution in [1.29, 1.82) is 0 Å². The maximum Gasteiger partial charge on any atom is 0.303 e. The predicted octanol–water partition coefficient (Wildman–Crippen LogP) is 5.79. The minimum atomic E-state index is -1.20. The summed E-state index contributed by atoms with van der Waals surface area (Å²) in [5, 5.41) is 15.0. The van der Waals surface area contributed by atoms with Gasteiger partial charge in [0.05, 0.1) is 11.8 Å². The average molecular weight is 562 g/mol. The Morgan fingerprint density at radius 3 is 2.22 bits per heavy atom. The largest absolute Gasteiger partial charge is 0.481 e. The number of primary amides is 1. The van der Waals surface area contributed by atoms with Crippen molar-refractivity contribution >= 4 is 22.6 Å². The average Bonchev–Trinajstić information content (AvgIpc) is 2.93. The number of allylic oxidation sites excluding steroid dienone is 2. The fourth-order valence-corrected chi connectivity index (χ4v) is 4.18. The topological polar surface area (TPSA) is 115 Å². The number of aromatic nitrogens is 2. The van der Waals surface area contributed by atoms with E-state index >= 15 is 0 Å². The van der Waals surface area contributed by atoms with Gasteiger partial charge in [-0.3, -0.25) is 14.4 Å². The zero-order valence-electron chi connectivity index (χ0n) is 22.0. The predicted molar refractivity (Wildman–Crippen MR) is 152 cm³/mol. The van der Waals surface area contributed by atoms with Gasteiger partial charge in [-0.15, -0.1) is 0 Å². The highest BCUT2D eigenvalue weighted by Gasteiger charge is 2.17. The van der Waals surface area contributed by atoms with E-state index in [0.29, 0.717) is 29.2 Å². The Hall–Kier alpha value is -5.25. The first-order valence-electron chi connectivity index (χ1n) is 12.2. The number of amides is 1. The van der Waals surface area contributed by atoms with E-state index < -0.39 is 29.1 Å². The zero-order valence-corrected chi connectivity index (χ0v) is 22.0. The summed E-state index contributed by atoms with van der Waals surface area (Å²) < 4.78 is 39.4. The summed E-state index contributed by atoms with van der Waals surface area (Å²) in [6.45, 7) is 5.73. The molecule has 3 aromatic carbocycles. The Kier molecular flexibility index (Phi) is 9.76. The zero-order chi connectivity index (χ0) is 30.3. The molecule has 1 amide bonds. The number of halogens is 3. The molecule has 1 heterocycles. The molecule has 7 nitrogen and oxygen atoms in total. The molecule has 10 heteroatoms. The van der Waals surface area contributed by atoms with Crippen molar-refractivity contribution in [3.05, 3.63) is 125 Å². The minimum absolute atomic E-state index is 0.0290. The van der Waals surface area contributed by atoms with Gasteiger partial charge < -0.3 is 10.8 Å². The van der Waals surface area contributed by atoms with E-state index in [1.165, 1.54) is 16.8 Å². The van der Waals surface area contributed by atoms with Crippen molar-refractivity contribution in [3.8, 4) is 22.3 Å². The molecule has 4 rings (SSSR count). The summed E-state index contributed by atoms with van der Waals surface area (Å²) in [4.78, 5) is 34.5. The van der Waals surface area contributed by atoms with Crippen molar-refractivity contribution in [2.45, 2.75) is 12.8 Å². The molecule has 3 N–H and O–H groups in total. The van der Waals surface area contributed by atoms with Crippen molar-refractivity contribution in [3.63, 3.8) is 0 Å². The highest BCUT2D eigenvalue weighted by Crippen LogP contribution is 2.34. The van der Waals surface area contributed by atoms with E-state index in [4.69, 9.17) is 5.11 Å². The molecule has 0 radical (unpaired) electrons. The van der Waals surface area contributed by atoms with Gasteiger partial charge in [-0.05, 0) is 52.1 Å². The molecule has 1 aromatic heterocycles. The summed E-state index contributed by atoms with van der Waals surface area (Å²) in [6.07, 6.45) is 2.72. The summed E-state index contributed by atoms with van der Waals surface area (Å²) in [6, 6.07) is 17.3. The van der Waals surface area contributed by atoms with Crippen LogP contribution in [-0.2, 0) is 23.1 Å². The highest BCUT2D eigenvalue weighted by atomic mass is 19.1. The number of carbonyl (C=O) groups is 2. The first kappa shape index (κ1) is 30.3. The monoisotopic (exact) mass is 561 g/mol. The van der Waals surface area contributed by atoms with Crippen molar-refractivity contribution in [2.24, 2.45) is 12.8 Å². The number of carbonyl (C=O) groups excluding carboxylic acids is 1. The quantitative estimate of drug-likeness (QED) is 0.209. The molecule has 0 unspecified atom stereocenters. The van der Waals surface area contributed by atoms with Gasteiger partial charge in [0, 0.05) is 19.0 Å². The van der Waals surface area contributed by atoms with Crippen LogP contribution in [-0.4, -0.2) is 26.8 Å². The maximum atomic E-state index is 13.4. The molecule has 0 aliphatic carbocycles. The van der Waals surface area contributed by atoms with E-state index in [1.54, 1.807) is 25.4 Å². The van der Waals surface area contributed by atoms with Crippen LogP contribution in [0, 0.1) is 5.82 Å². The summed E-state index contributed by atoms with van der Waals surface area (Å²) in [5.41, 5.74) is 6.92. The van der Waals surface area contributed by atoms with Crippen molar-refractivity contribution in [2.75, 3.05) is 0 Å². The lowest BCUT2D eigenvalue weighted by molar-refractivity contribution is -0.137. The van der Waals surface area contributed by atoms with Crippen LogP contribution in [0.1, 0.15) is 12.0 Å². The van der Waals surface area contributed by atoms with Crippen LogP contribution in [0.2, 0.25) is 0 Å². The van der Waals surface area contributed by atoms with E-state index in [0.717, 1.165) is 21.9 Å². The van der Waals surface area contributed by atoms with E-state index in [1.807, 2.05) is 36.4 Å². The lowest BCUT2D eigenvalue weighted by atomic mass is 9.91. The molecule has 0 saturated heterocycles. The number of aryl methyl sites for hydroxylation is 2. The van der Waals surface area contributed by atoms with Crippen LogP contribution >= 0.6 is 0 Å². The molecule has 210 valence electrons. The molecule has 0 saturated carbocycles. The molecule has 0 fully saturated rings. The number of rotatable bonds is 8. The first-order valence-corrected chi connectivity index (χ1v) is 12.2. The van der Waals surface area contributed by atoms with Crippen molar-refractivity contribution < 1.29 is 27.9 Å². The fourth-order valence-electron chi connectivity index (χ4n) is 4.18. The minimum Gasteiger partial charge on any atom is -0.481 e. The summed E-state index contributed by atoms with van der Waals surface area (Å²) in [7, 11) is 1.59. The summed E-state index contributed by atoms with van der Waals surface area (Å²) in [5.74, 6) is -4.72. The van der Waals surface area contributed by atoms with Gasteiger partial charge in [0.25, 0.3) is 11.5 Å². The molecular weight excluding hydrogens is 535 g/mol. The standard InChI is InChI=1S/C24H19FN2O3.C7H7F2NO/c1-27-24(30)23(21(14-26-27)16-8-11-17(25)12-9-16)20-7-3-5-18-15(10-13-22(28)29)4-2-6-19(18)20;1-3-5(9)6(4(2)8)7(10)11/h2-9,11-12,14H,10,13H2,1H3,(H,28,29);3H,1-2H2,(H2,10,11)/b;6-5-. The molecule has 0 bridgehead atoms. The van der Waals surface area contributed by atoms with Gasteiger partial charge in [-0.2, -0.15) is 5.10 Å². The van der Waals surface area contributed by atoms with Crippen LogP contribution < -0.4 is 11.3 Å². The number of nitrogens with two attached hydrogens (primary N) is 1. The number of fused-ring (bicyclic) bond motifs is 1. The Balaban J connectivity index is 0.000000358. The van der Waals surface area contributed by atoms with Crippen LogP contribution in [0.5, 0.6) is 0 Å². The molecular formula is C31H26F3N3O4. The van der Waals surface area contributed by atoms with Crippen LogP contribution in [0.3, 0.4) is 0 Å². The Morgan fingerprint density at radius 1 is 1.02 bits per heavy atom. The Labute approximate surface area is 233 Å². The Morgan fingerprint density at radius 2 is 1.66 bits per heavy atom. The van der Waals surface area contributed by atoms with Gasteiger partial charge in [0.15, 0.2) is 0 Å². The number of aliphatic carboxylic acids is 1. The molecule has 4 aromatic rings. The number of carboxylic acid groups (broad SMARTS) is 1. The normalized spacial score (nSPS) is 11.2. The van der Waals surface area contributed by atoms with Gasteiger partial charge in [-0.1, -0.05) is 61.7 Å². The molecule has 41 heavy (non-hydrogen) atoms. The smallest absolute Gasteiger partial charge is 0.303 e. The lowest BCUT2D eigenvalue weighted by Gasteiger charge is -2.14. The molecule has 0 aliphatic rings. The number of carboxylic acids is 1. The molecule has 0 atom stereocenters. The third kappa shape index (κ3) is 7.04. The van der Waals surface area contributed by atoms with Gasteiger partial charge in [0.1, 0.15) is 23.0 Å². The van der Waals surface area contributed by atoms with Gasteiger partial charge >= 0.3 is 5.97 Å². The van der Waals surface area contributed by atoms with E-state index in [2.05, 4.69) is 24.0 Å².